The zero-order valence-corrected chi connectivity index (χ0v) is 12.0. The Balaban J connectivity index is 2.33. The van der Waals surface area contributed by atoms with Gasteiger partial charge in [-0.25, -0.2) is 9.97 Å². The van der Waals surface area contributed by atoms with Crippen molar-refractivity contribution in [2.45, 2.75) is 0 Å². The molecule has 0 saturated carbocycles. The normalized spacial score (nSPS) is 10.6. The predicted octanol–water partition coefficient (Wildman–Crippen LogP) is 1.71. The summed E-state index contributed by atoms with van der Waals surface area (Å²) in [5.41, 5.74) is 0.479. The number of fused-ring (bicyclic) bond motifs is 1. The number of nitrogens with zero attached hydrogens (tertiary/aromatic N) is 2. The summed E-state index contributed by atoms with van der Waals surface area (Å²) in [4.78, 5) is 22.9. The average molecular weight is 299 g/mol. The quantitative estimate of drug-likeness (QED) is 0.764. The largest absolute Gasteiger partial charge is 0.505 e. The Morgan fingerprint density at radius 2 is 1.91 bits per heavy atom. The molecular weight excluding hydrogens is 286 g/mol. The van der Waals surface area contributed by atoms with Crippen LogP contribution in [0.25, 0.3) is 22.3 Å². The summed E-state index contributed by atoms with van der Waals surface area (Å²) < 4.78 is 10.4. The van der Waals surface area contributed by atoms with E-state index in [1.54, 1.807) is 18.2 Å². The Morgan fingerprint density at radius 3 is 2.64 bits per heavy atom. The van der Waals surface area contributed by atoms with Crippen molar-refractivity contribution in [1.29, 1.82) is 0 Å². The third-order valence-corrected chi connectivity index (χ3v) is 3.30. The molecule has 0 aliphatic heterocycles. The third-order valence-electron chi connectivity index (χ3n) is 3.30. The van der Waals surface area contributed by atoms with Crippen LogP contribution < -0.4 is 15.0 Å². The molecule has 1 aromatic carbocycles. The minimum atomic E-state index is -0.478. The van der Waals surface area contributed by atoms with Crippen molar-refractivity contribution in [1.82, 2.24) is 15.0 Å². The lowest BCUT2D eigenvalue weighted by Crippen LogP contribution is -2.11. The van der Waals surface area contributed by atoms with E-state index in [1.165, 1.54) is 26.6 Å². The topological polar surface area (TPSA) is 97.3 Å². The predicted molar refractivity (Wildman–Crippen MR) is 80.4 cm³/mol. The zero-order chi connectivity index (χ0) is 15.7. The molecule has 0 saturated heterocycles. The van der Waals surface area contributed by atoms with E-state index in [0.29, 0.717) is 17.1 Å². The molecule has 0 aliphatic carbocycles. The van der Waals surface area contributed by atoms with Crippen LogP contribution in [0.2, 0.25) is 0 Å². The van der Waals surface area contributed by atoms with Gasteiger partial charge in [0.25, 0.3) is 5.56 Å². The Labute approximate surface area is 125 Å². The highest BCUT2D eigenvalue weighted by Crippen LogP contribution is 2.37. The molecule has 2 heterocycles. The van der Waals surface area contributed by atoms with Crippen LogP contribution in [0, 0.1) is 0 Å². The number of rotatable bonds is 3. The maximum atomic E-state index is 12.3. The average Bonchev–Trinajstić information content (AvgIpc) is 2.55. The van der Waals surface area contributed by atoms with E-state index >= 15 is 0 Å². The molecule has 0 unspecified atom stereocenters. The fraction of sp³-hybridized carbons (Fsp3) is 0.133. The van der Waals surface area contributed by atoms with E-state index in [0.717, 1.165) is 0 Å². The number of pyridine rings is 1. The van der Waals surface area contributed by atoms with Gasteiger partial charge < -0.3 is 19.6 Å². The minimum Gasteiger partial charge on any atom is -0.505 e. The van der Waals surface area contributed by atoms with Crippen LogP contribution in [-0.4, -0.2) is 34.3 Å². The van der Waals surface area contributed by atoms with Gasteiger partial charge in [0, 0.05) is 24.0 Å². The molecule has 7 heteroatoms. The van der Waals surface area contributed by atoms with Crippen LogP contribution in [0.4, 0.5) is 0 Å². The van der Waals surface area contributed by atoms with Crippen LogP contribution in [0.3, 0.4) is 0 Å². The second-order valence-corrected chi connectivity index (χ2v) is 4.50. The van der Waals surface area contributed by atoms with E-state index in [1.807, 2.05) is 0 Å². The van der Waals surface area contributed by atoms with E-state index in [4.69, 9.17) is 9.47 Å². The van der Waals surface area contributed by atoms with Gasteiger partial charge >= 0.3 is 0 Å². The summed E-state index contributed by atoms with van der Waals surface area (Å²) in [6.45, 7) is 0. The molecule has 2 N–H and O–H groups in total. The summed E-state index contributed by atoms with van der Waals surface area (Å²) in [6, 6.07) is 4.96. The molecule has 0 radical (unpaired) electrons. The number of hydrogen-bond acceptors (Lipinski definition) is 6. The van der Waals surface area contributed by atoms with Gasteiger partial charge in [-0.3, -0.25) is 4.79 Å². The number of aromatic hydroxyl groups is 1. The van der Waals surface area contributed by atoms with Crippen LogP contribution >= 0.6 is 0 Å². The highest BCUT2D eigenvalue weighted by atomic mass is 16.5. The van der Waals surface area contributed by atoms with Crippen LogP contribution in [0.1, 0.15) is 0 Å². The maximum absolute atomic E-state index is 12.3. The number of aromatic amines is 1. The monoisotopic (exact) mass is 299 g/mol. The van der Waals surface area contributed by atoms with Gasteiger partial charge in [0.1, 0.15) is 17.0 Å². The van der Waals surface area contributed by atoms with Crippen LogP contribution in [0.5, 0.6) is 17.2 Å². The first-order valence-corrected chi connectivity index (χ1v) is 6.44. The fourth-order valence-electron chi connectivity index (χ4n) is 2.25. The number of benzene rings is 1. The zero-order valence-electron chi connectivity index (χ0n) is 12.0. The van der Waals surface area contributed by atoms with Crippen molar-refractivity contribution < 1.29 is 14.6 Å². The summed E-state index contributed by atoms with van der Waals surface area (Å²) in [6.07, 6.45) is 2.88. The van der Waals surface area contributed by atoms with E-state index in [9.17, 15) is 9.90 Å². The molecule has 0 fully saturated rings. The molecule has 0 atom stereocenters. The van der Waals surface area contributed by atoms with Crippen molar-refractivity contribution in [3.05, 3.63) is 40.9 Å². The summed E-state index contributed by atoms with van der Waals surface area (Å²) in [7, 11) is 3.01. The first-order chi connectivity index (χ1) is 10.7. The van der Waals surface area contributed by atoms with Gasteiger partial charge in [-0.15, -0.1) is 0 Å². The number of H-pyrrole nitrogens is 1. The van der Waals surface area contributed by atoms with Crippen molar-refractivity contribution >= 4 is 11.2 Å². The second kappa shape index (κ2) is 5.36. The summed E-state index contributed by atoms with van der Waals surface area (Å²) in [5.74, 6) is 0.746. The standard InChI is InChI=1S/C15H13N3O4/c1-21-8-3-4-9(10(7-8)22-2)11-13(19)12-14(18-15(11)20)17-6-5-16-12/h3-7H,1-2H3,(H2,17,18,19,20). The third kappa shape index (κ3) is 2.12. The highest BCUT2D eigenvalue weighted by Gasteiger charge is 2.19. The highest BCUT2D eigenvalue weighted by molar-refractivity contribution is 5.88. The minimum absolute atomic E-state index is 0.0764. The Hall–Kier alpha value is -3.09. The number of nitrogens with one attached hydrogen (secondary N) is 1. The molecule has 0 amide bonds. The van der Waals surface area contributed by atoms with E-state index in [2.05, 4.69) is 15.0 Å². The van der Waals surface area contributed by atoms with Gasteiger partial charge in [-0.1, -0.05) is 0 Å². The molecule has 2 aromatic heterocycles. The summed E-state index contributed by atoms with van der Waals surface area (Å²) >= 11 is 0. The van der Waals surface area contributed by atoms with Crippen LogP contribution in [0.15, 0.2) is 35.4 Å². The van der Waals surface area contributed by atoms with Gasteiger partial charge in [0.2, 0.25) is 0 Å². The Kier molecular flexibility index (Phi) is 3.38. The van der Waals surface area contributed by atoms with Gasteiger partial charge in [-0.2, -0.15) is 0 Å². The molecule has 3 rings (SSSR count). The summed E-state index contributed by atoms with van der Waals surface area (Å²) in [5, 5.41) is 10.4. The molecule has 7 nitrogen and oxygen atoms in total. The molecule has 0 aliphatic rings. The number of ether oxygens (including phenoxy) is 2. The van der Waals surface area contributed by atoms with Gasteiger partial charge in [0.15, 0.2) is 11.4 Å². The van der Waals surface area contributed by atoms with Crippen molar-refractivity contribution in [3.8, 4) is 28.4 Å². The lowest BCUT2D eigenvalue weighted by molar-refractivity contribution is 0.395. The molecular formula is C15H13N3O4. The van der Waals surface area contributed by atoms with Gasteiger partial charge in [0.05, 0.1) is 19.8 Å². The fourth-order valence-corrected chi connectivity index (χ4v) is 2.25. The van der Waals surface area contributed by atoms with Gasteiger partial charge in [-0.05, 0) is 12.1 Å². The Bertz CT molecular complexity index is 905. The van der Waals surface area contributed by atoms with Crippen molar-refractivity contribution in [3.63, 3.8) is 0 Å². The van der Waals surface area contributed by atoms with E-state index < -0.39 is 5.56 Å². The molecule has 112 valence electrons. The maximum Gasteiger partial charge on any atom is 0.261 e. The van der Waals surface area contributed by atoms with E-state index in [-0.39, 0.29) is 22.5 Å². The van der Waals surface area contributed by atoms with Crippen molar-refractivity contribution in [2.75, 3.05) is 14.2 Å². The van der Waals surface area contributed by atoms with Crippen LogP contribution in [-0.2, 0) is 0 Å². The lowest BCUT2D eigenvalue weighted by atomic mass is 10.0. The number of methoxy groups -OCH3 is 2. The number of hydrogen-bond donors (Lipinski definition) is 2. The number of aromatic nitrogens is 3. The molecule has 0 spiro atoms. The molecule has 0 bridgehead atoms. The first-order valence-electron chi connectivity index (χ1n) is 6.44. The molecule has 3 aromatic rings. The van der Waals surface area contributed by atoms with Crippen molar-refractivity contribution in [2.24, 2.45) is 0 Å². The first kappa shape index (κ1) is 13.9. The lowest BCUT2D eigenvalue weighted by Gasteiger charge is -2.11. The second-order valence-electron chi connectivity index (χ2n) is 4.50. The molecule has 22 heavy (non-hydrogen) atoms. The SMILES string of the molecule is COc1ccc(-c2c(O)c3nccnc3[nH]c2=O)c(OC)c1. The smallest absolute Gasteiger partial charge is 0.261 e. The Morgan fingerprint density at radius 1 is 1.14 bits per heavy atom.